The van der Waals surface area contributed by atoms with E-state index in [9.17, 15) is 4.39 Å². The SMILES string of the molecule is Fc1ccc(Br)cc1C(Cl)c1ccc2c(c1)COC2. The van der Waals surface area contributed by atoms with Crippen LogP contribution >= 0.6 is 27.5 Å². The van der Waals surface area contributed by atoms with Gasteiger partial charge in [-0.15, -0.1) is 11.6 Å². The van der Waals surface area contributed by atoms with Gasteiger partial charge in [0, 0.05) is 10.0 Å². The zero-order valence-corrected chi connectivity index (χ0v) is 12.3. The molecule has 19 heavy (non-hydrogen) atoms. The summed E-state index contributed by atoms with van der Waals surface area (Å²) in [6.07, 6.45) is 0. The number of alkyl halides is 1. The van der Waals surface area contributed by atoms with Crippen LogP contribution in [-0.2, 0) is 18.0 Å². The van der Waals surface area contributed by atoms with Gasteiger partial charge in [-0.05, 0) is 34.9 Å². The Morgan fingerprint density at radius 2 is 1.89 bits per heavy atom. The molecule has 0 aliphatic carbocycles. The van der Waals surface area contributed by atoms with Crippen LogP contribution in [0.2, 0.25) is 0 Å². The molecule has 0 aromatic heterocycles. The third-order valence-corrected chi connectivity index (χ3v) is 4.25. The minimum Gasteiger partial charge on any atom is -0.372 e. The van der Waals surface area contributed by atoms with E-state index in [0.717, 1.165) is 15.6 Å². The molecule has 1 nitrogen and oxygen atoms in total. The fourth-order valence-electron chi connectivity index (χ4n) is 2.24. The Kier molecular flexibility index (Phi) is 3.61. The van der Waals surface area contributed by atoms with Crippen LogP contribution in [-0.4, -0.2) is 0 Å². The number of ether oxygens (including phenoxy) is 1. The van der Waals surface area contributed by atoms with Crippen LogP contribution in [0.15, 0.2) is 40.9 Å². The molecule has 4 heteroatoms. The number of benzene rings is 2. The molecule has 0 spiro atoms. The third kappa shape index (κ3) is 2.55. The number of halogens is 3. The van der Waals surface area contributed by atoms with Gasteiger partial charge in [0.2, 0.25) is 0 Å². The van der Waals surface area contributed by atoms with E-state index in [0.29, 0.717) is 18.8 Å². The summed E-state index contributed by atoms with van der Waals surface area (Å²) in [6, 6.07) is 10.7. The van der Waals surface area contributed by atoms with E-state index in [1.165, 1.54) is 11.6 Å². The van der Waals surface area contributed by atoms with Gasteiger partial charge in [0.05, 0.1) is 18.6 Å². The first-order valence-corrected chi connectivity index (χ1v) is 7.16. The molecule has 0 N–H and O–H groups in total. The molecule has 0 amide bonds. The molecule has 3 rings (SSSR count). The summed E-state index contributed by atoms with van der Waals surface area (Å²) >= 11 is 9.75. The van der Waals surface area contributed by atoms with Crippen molar-refractivity contribution >= 4 is 27.5 Å². The number of rotatable bonds is 2. The predicted octanol–water partition coefficient (Wildman–Crippen LogP) is 4.95. The molecule has 1 unspecified atom stereocenters. The van der Waals surface area contributed by atoms with Crippen LogP contribution in [0.25, 0.3) is 0 Å². The summed E-state index contributed by atoms with van der Waals surface area (Å²) in [5.74, 6) is -0.292. The first kappa shape index (κ1) is 13.1. The molecule has 0 fully saturated rings. The van der Waals surface area contributed by atoms with Gasteiger partial charge in [0.25, 0.3) is 0 Å². The lowest BCUT2D eigenvalue weighted by Gasteiger charge is -2.13. The second-order valence-corrected chi connectivity index (χ2v) is 5.90. The zero-order valence-electron chi connectivity index (χ0n) is 10.00. The summed E-state index contributed by atoms with van der Waals surface area (Å²) in [4.78, 5) is 0. The van der Waals surface area contributed by atoms with Crippen molar-refractivity contribution in [2.45, 2.75) is 18.6 Å². The van der Waals surface area contributed by atoms with E-state index < -0.39 is 5.38 Å². The van der Waals surface area contributed by atoms with E-state index in [2.05, 4.69) is 15.9 Å². The van der Waals surface area contributed by atoms with Crippen molar-refractivity contribution in [1.82, 2.24) is 0 Å². The average Bonchev–Trinajstić information content (AvgIpc) is 2.88. The molecule has 2 aromatic carbocycles. The molecule has 0 bridgehead atoms. The van der Waals surface area contributed by atoms with Gasteiger partial charge < -0.3 is 4.74 Å². The van der Waals surface area contributed by atoms with Crippen molar-refractivity contribution in [3.63, 3.8) is 0 Å². The highest BCUT2D eigenvalue weighted by Gasteiger charge is 2.18. The smallest absolute Gasteiger partial charge is 0.128 e. The van der Waals surface area contributed by atoms with Gasteiger partial charge in [0.1, 0.15) is 5.82 Å². The van der Waals surface area contributed by atoms with Crippen LogP contribution in [0.3, 0.4) is 0 Å². The molecule has 98 valence electrons. The largest absolute Gasteiger partial charge is 0.372 e. The summed E-state index contributed by atoms with van der Waals surface area (Å²) in [6.45, 7) is 1.25. The maximum Gasteiger partial charge on any atom is 0.128 e. The van der Waals surface area contributed by atoms with Gasteiger partial charge >= 0.3 is 0 Å². The zero-order chi connectivity index (χ0) is 13.4. The molecule has 0 saturated carbocycles. The monoisotopic (exact) mass is 340 g/mol. The van der Waals surface area contributed by atoms with Gasteiger partial charge in [-0.2, -0.15) is 0 Å². The van der Waals surface area contributed by atoms with Gasteiger partial charge in [-0.25, -0.2) is 4.39 Å². The van der Waals surface area contributed by atoms with Crippen LogP contribution in [0, 0.1) is 5.82 Å². The summed E-state index contributed by atoms with van der Waals surface area (Å²) in [5, 5.41) is -0.497. The normalized spacial score (nSPS) is 15.3. The molecular formula is C15H11BrClFO. The fourth-order valence-corrected chi connectivity index (χ4v) is 2.92. The molecule has 1 atom stereocenters. The summed E-state index contributed by atoms with van der Waals surface area (Å²) in [5.41, 5.74) is 3.69. The lowest BCUT2D eigenvalue weighted by atomic mass is 10.00. The molecule has 0 saturated heterocycles. The first-order valence-electron chi connectivity index (χ1n) is 5.93. The van der Waals surface area contributed by atoms with Crippen molar-refractivity contribution in [1.29, 1.82) is 0 Å². The third-order valence-electron chi connectivity index (χ3n) is 3.27. The fraction of sp³-hybridized carbons (Fsp3) is 0.200. The Morgan fingerprint density at radius 1 is 1.11 bits per heavy atom. The maximum absolute atomic E-state index is 13.8. The van der Waals surface area contributed by atoms with Crippen LogP contribution in [0.5, 0.6) is 0 Å². The highest BCUT2D eigenvalue weighted by Crippen LogP contribution is 2.34. The molecular weight excluding hydrogens is 331 g/mol. The van der Waals surface area contributed by atoms with Crippen molar-refractivity contribution < 1.29 is 9.13 Å². The second-order valence-electron chi connectivity index (χ2n) is 4.55. The van der Waals surface area contributed by atoms with E-state index >= 15 is 0 Å². The minimum atomic E-state index is -0.497. The van der Waals surface area contributed by atoms with Crippen molar-refractivity contribution in [2.24, 2.45) is 0 Å². The van der Waals surface area contributed by atoms with Crippen LogP contribution in [0.4, 0.5) is 4.39 Å². The van der Waals surface area contributed by atoms with E-state index in [1.54, 1.807) is 12.1 Å². The number of hydrogen-bond donors (Lipinski definition) is 0. The van der Waals surface area contributed by atoms with Crippen LogP contribution in [0.1, 0.15) is 27.6 Å². The molecule has 0 radical (unpaired) electrons. The van der Waals surface area contributed by atoms with Crippen molar-refractivity contribution in [2.75, 3.05) is 0 Å². The molecule has 1 aliphatic heterocycles. The maximum atomic E-state index is 13.8. The Balaban J connectivity index is 1.99. The Hall–Kier alpha value is -0.900. The highest BCUT2D eigenvalue weighted by molar-refractivity contribution is 9.10. The highest BCUT2D eigenvalue weighted by atomic mass is 79.9. The van der Waals surface area contributed by atoms with Gasteiger partial charge in [0.15, 0.2) is 0 Å². The molecule has 2 aromatic rings. The lowest BCUT2D eigenvalue weighted by Crippen LogP contribution is -1.98. The lowest BCUT2D eigenvalue weighted by molar-refractivity contribution is 0.134. The topological polar surface area (TPSA) is 9.23 Å². The predicted molar refractivity (Wildman–Crippen MR) is 76.7 cm³/mol. The van der Waals surface area contributed by atoms with Crippen LogP contribution < -0.4 is 0 Å². The Labute approximate surface area is 124 Å². The number of fused-ring (bicyclic) bond motifs is 1. The van der Waals surface area contributed by atoms with Gasteiger partial charge in [-0.3, -0.25) is 0 Å². The van der Waals surface area contributed by atoms with E-state index in [4.69, 9.17) is 16.3 Å². The second kappa shape index (κ2) is 5.23. The quantitative estimate of drug-likeness (QED) is 0.703. The van der Waals surface area contributed by atoms with E-state index in [-0.39, 0.29) is 5.82 Å². The van der Waals surface area contributed by atoms with Crippen molar-refractivity contribution in [3.8, 4) is 0 Å². The molecule has 1 heterocycles. The van der Waals surface area contributed by atoms with Gasteiger partial charge in [-0.1, -0.05) is 34.1 Å². The Morgan fingerprint density at radius 3 is 2.74 bits per heavy atom. The Bertz CT molecular complexity index is 630. The summed E-state index contributed by atoms with van der Waals surface area (Å²) < 4.78 is 20.0. The summed E-state index contributed by atoms with van der Waals surface area (Å²) in [7, 11) is 0. The van der Waals surface area contributed by atoms with Crippen molar-refractivity contribution in [3.05, 3.63) is 68.9 Å². The minimum absolute atomic E-state index is 0.292. The first-order chi connectivity index (χ1) is 9.15. The van der Waals surface area contributed by atoms with E-state index in [1.807, 2.05) is 18.2 Å². The molecule has 1 aliphatic rings. The number of hydrogen-bond acceptors (Lipinski definition) is 1. The average molecular weight is 342 g/mol. The standard InChI is InChI=1S/C15H11BrClFO/c16-12-3-4-14(18)13(6-12)15(17)9-1-2-10-7-19-8-11(10)5-9/h1-6,15H,7-8H2.